The summed E-state index contributed by atoms with van der Waals surface area (Å²) in [4.78, 5) is 25.3. The number of hydrogen-bond acceptors (Lipinski definition) is 3. The maximum atomic E-state index is 13.4. The molecule has 2 rings (SSSR count). The van der Waals surface area contributed by atoms with Crippen molar-refractivity contribution in [3.63, 3.8) is 0 Å². The molecular weight excluding hydrogens is 267 g/mol. The first-order chi connectivity index (χ1) is 9.16. The van der Waals surface area contributed by atoms with Crippen LogP contribution in [0, 0.1) is 5.82 Å². The van der Waals surface area contributed by atoms with Crippen LogP contribution in [0.15, 0.2) is 29.2 Å². The van der Waals surface area contributed by atoms with Crippen LogP contribution >= 0.6 is 11.8 Å². The summed E-state index contributed by atoms with van der Waals surface area (Å²) in [5.74, 6) is -0.218. The quantitative estimate of drug-likeness (QED) is 0.849. The molecule has 0 unspecified atom stereocenters. The van der Waals surface area contributed by atoms with Gasteiger partial charge in [0, 0.05) is 31.0 Å². The van der Waals surface area contributed by atoms with E-state index >= 15 is 0 Å². The SMILES string of the molecule is O=C1CCN(C(=O)CSc2ccccc2F)CCN1. The van der Waals surface area contributed by atoms with Crippen molar-refractivity contribution in [2.75, 3.05) is 25.4 Å². The number of rotatable bonds is 3. The summed E-state index contributed by atoms with van der Waals surface area (Å²) < 4.78 is 13.4. The molecule has 0 aliphatic carbocycles. The number of nitrogens with one attached hydrogen (secondary N) is 1. The number of amides is 2. The third kappa shape index (κ3) is 3.96. The fourth-order valence-electron chi connectivity index (χ4n) is 1.81. The first-order valence-corrected chi connectivity index (χ1v) is 7.07. The molecule has 0 aromatic heterocycles. The summed E-state index contributed by atoms with van der Waals surface area (Å²) in [6.45, 7) is 1.43. The van der Waals surface area contributed by atoms with Crippen LogP contribution in [0.2, 0.25) is 0 Å². The van der Waals surface area contributed by atoms with E-state index in [9.17, 15) is 14.0 Å². The van der Waals surface area contributed by atoms with Crippen molar-refractivity contribution in [2.45, 2.75) is 11.3 Å². The number of nitrogens with zero attached hydrogens (tertiary/aromatic N) is 1. The molecular formula is C13H15FN2O2S. The first-order valence-electron chi connectivity index (χ1n) is 6.08. The van der Waals surface area contributed by atoms with E-state index in [0.29, 0.717) is 31.0 Å². The molecule has 1 fully saturated rings. The maximum Gasteiger partial charge on any atom is 0.233 e. The minimum absolute atomic E-state index is 0.0305. The number of thioether (sulfide) groups is 1. The highest BCUT2D eigenvalue weighted by atomic mass is 32.2. The van der Waals surface area contributed by atoms with Gasteiger partial charge in [0.15, 0.2) is 0 Å². The average Bonchev–Trinajstić information content (AvgIpc) is 2.62. The second-order valence-corrected chi connectivity index (χ2v) is 5.22. The first kappa shape index (κ1) is 13.9. The molecule has 1 heterocycles. The van der Waals surface area contributed by atoms with Gasteiger partial charge in [0.05, 0.1) is 5.75 Å². The predicted molar refractivity (Wildman–Crippen MR) is 71.3 cm³/mol. The van der Waals surface area contributed by atoms with Gasteiger partial charge in [-0.25, -0.2) is 4.39 Å². The van der Waals surface area contributed by atoms with E-state index in [1.807, 2.05) is 0 Å². The molecule has 0 saturated carbocycles. The lowest BCUT2D eigenvalue weighted by Crippen LogP contribution is -2.35. The summed E-state index contributed by atoms with van der Waals surface area (Å²) in [6.07, 6.45) is 0.329. The van der Waals surface area contributed by atoms with Gasteiger partial charge in [-0.05, 0) is 12.1 Å². The van der Waals surface area contributed by atoms with Crippen molar-refractivity contribution < 1.29 is 14.0 Å². The molecule has 102 valence electrons. The highest BCUT2D eigenvalue weighted by Crippen LogP contribution is 2.21. The standard InChI is InChI=1S/C13H15FN2O2S/c14-10-3-1-2-4-11(10)19-9-13(18)16-7-5-12(17)15-6-8-16/h1-4H,5-9H2,(H,15,17). The Labute approximate surface area is 115 Å². The molecule has 1 aromatic rings. The van der Waals surface area contributed by atoms with Crippen molar-refractivity contribution in [1.82, 2.24) is 10.2 Å². The zero-order valence-electron chi connectivity index (χ0n) is 10.4. The number of hydrogen-bond donors (Lipinski definition) is 1. The molecule has 0 atom stereocenters. The van der Waals surface area contributed by atoms with Crippen LogP contribution < -0.4 is 5.32 Å². The van der Waals surface area contributed by atoms with Crippen molar-refractivity contribution in [1.29, 1.82) is 0 Å². The highest BCUT2D eigenvalue weighted by molar-refractivity contribution is 8.00. The minimum Gasteiger partial charge on any atom is -0.354 e. The van der Waals surface area contributed by atoms with Gasteiger partial charge in [-0.1, -0.05) is 12.1 Å². The van der Waals surface area contributed by atoms with Crippen LogP contribution in [0.3, 0.4) is 0 Å². The second-order valence-electron chi connectivity index (χ2n) is 4.20. The Hall–Kier alpha value is -1.56. The highest BCUT2D eigenvalue weighted by Gasteiger charge is 2.18. The van der Waals surface area contributed by atoms with E-state index in [1.54, 1.807) is 23.1 Å². The largest absolute Gasteiger partial charge is 0.354 e. The molecule has 4 nitrogen and oxygen atoms in total. The van der Waals surface area contributed by atoms with E-state index in [4.69, 9.17) is 0 Å². The monoisotopic (exact) mass is 282 g/mol. The summed E-state index contributed by atoms with van der Waals surface area (Å²) in [6, 6.07) is 6.39. The van der Waals surface area contributed by atoms with Gasteiger partial charge >= 0.3 is 0 Å². The van der Waals surface area contributed by atoms with E-state index < -0.39 is 0 Å². The fourth-order valence-corrected chi connectivity index (χ4v) is 2.65. The number of carbonyl (C=O) groups is 2. The molecule has 1 aliphatic heterocycles. The Bertz CT molecular complexity index is 481. The normalized spacial score (nSPS) is 15.8. The summed E-state index contributed by atoms with van der Waals surface area (Å²) in [5.41, 5.74) is 0. The summed E-state index contributed by atoms with van der Waals surface area (Å²) in [7, 11) is 0. The zero-order chi connectivity index (χ0) is 13.7. The molecule has 0 radical (unpaired) electrons. The average molecular weight is 282 g/mol. The van der Waals surface area contributed by atoms with Crippen LogP contribution in [0.4, 0.5) is 4.39 Å². The topological polar surface area (TPSA) is 49.4 Å². The third-order valence-corrected chi connectivity index (χ3v) is 3.89. The molecule has 0 spiro atoms. The second kappa shape index (κ2) is 6.56. The molecule has 0 bridgehead atoms. The van der Waals surface area contributed by atoms with Gasteiger partial charge in [-0.3, -0.25) is 9.59 Å². The van der Waals surface area contributed by atoms with Crippen LogP contribution in [0.25, 0.3) is 0 Å². The Morgan fingerprint density at radius 1 is 1.37 bits per heavy atom. The maximum absolute atomic E-state index is 13.4. The van der Waals surface area contributed by atoms with Gasteiger partial charge < -0.3 is 10.2 Å². The smallest absolute Gasteiger partial charge is 0.233 e. The van der Waals surface area contributed by atoms with Crippen molar-refractivity contribution in [3.05, 3.63) is 30.1 Å². The molecule has 1 aromatic carbocycles. The minimum atomic E-state index is -0.312. The predicted octanol–water partition coefficient (Wildman–Crippen LogP) is 1.27. The Balaban J connectivity index is 1.87. The van der Waals surface area contributed by atoms with E-state index in [2.05, 4.69) is 5.32 Å². The van der Waals surface area contributed by atoms with Crippen molar-refractivity contribution in [3.8, 4) is 0 Å². The lowest BCUT2D eigenvalue weighted by Gasteiger charge is -2.19. The van der Waals surface area contributed by atoms with Gasteiger partial charge in [0.1, 0.15) is 5.82 Å². The number of halogens is 1. The Morgan fingerprint density at radius 3 is 2.95 bits per heavy atom. The van der Waals surface area contributed by atoms with Gasteiger partial charge in [-0.2, -0.15) is 0 Å². The Kier molecular flexibility index (Phi) is 4.79. The van der Waals surface area contributed by atoms with Crippen LogP contribution in [0.5, 0.6) is 0 Å². The van der Waals surface area contributed by atoms with Gasteiger partial charge in [-0.15, -0.1) is 11.8 Å². The molecule has 1 aliphatic rings. The van der Waals surface area contributed by atoms with E-state index in [0.717, 1.165) is 0 Å². The Morgan fingerprint density at radius 2 is 2.16 bits per heavy atom. The van der Waals surface area contributed by atoms with E-state index in [-0.39, 0.29) is 23.4 Å². The zero-order valence-corrected chi connectivity index (χ0v) is 11.2. The fraction of sp³-hybridized carbons (Fsp3) is 0.385. The molecule has 19 heavy (non-hydrogen) atoms. The lowest BCUT2D eigenvalue weighted by molar-refractivity contribution is -0.128. The van der Waals surface area contributed by atoms with Gasteiger partial charge in [0.2, 0.25) is 11.8 Å². The van der Waals surface area contributed by atoms with E-state index in [1.165, 1.54) is 17.8 Å². The number of carbonyl (C=O) groups excluding carboxylic acids is 2. The summed E-state index contributed by atoms with van der Waals surface area (Å²) >= 11 is 1.18. The lowest BCUT2D eigenvalue weighted by atomic mass is 10.3. The molecule has 6 heteroatoms. The van der Waals surface area contributed by atoms with Crippen molar-refractivity contribution in [2.24, 2.45) is 0 Å². The van der Waals surface area contributed by atoms with Crippen molar-refractivity contribution >= 4 is 23.6 Å². The molecule has 1 N–H and O–H groups in total. The van der Waals surface area contributed by atoms with Gasteiger partial charge in [0.25, 0.3) is 0 Å². The van der Waals surface area contributed by atoms with Crippen LogP contribution in [-0.2, 0) is 9.59 Å². The third-order valence-electron chi connectivity index (χ3n) is 2.85. The summed E-state index contributed by atoms with van der Waals surface area (Å²) in [5, 5.41) is 2.71. The number of benzene rings is 1. The molecule has 1 saturated heterocycles. The molecule has 2 amide bonds. The van der Waals surface area contributed by atoms with Crippen LogP contribution in [0.1, 0.15) is 6.42 Å². The van der Waals surface area contributed by atoms with Crippen LogP contribution in [-0.4, -0.2) is 42.1 Å².